The van der Waals surface area contributed by atoms with Gasteiger partial charge in [0.25, 0.3) is 0 Å². The van der Waals surface area contributed by atoms with Gasteiger partial charge in [-0.1, -0.05) is 0 Å². The van der Waals surface area contributed by atoms with Crippen molar-refractivity contribution in [3.05, 3.63) is 12.2 Å². The Morgan fingerprint density at radius 1 is 1.86 bits per heavy atom. The topological polar surface area (TPSA) is 30.7 Å². The first-order valence-corrected chi connectivity index (χ1v) is 2.80. The van der Waals surface area contributed by atoms with Crippen LogP contribution in [0.25, 0.3) is 0 Å². The van der Waals surface area contributed by atoms with Gasteiger partial charge < -0.3 is 0 Å². The van der Waals surface area contributed by atoms with E-state index < -0.39 is 0 Å². The maximum absolute atomic E-state index is 3.72. The molecule has 0 aromatic carbocycles. The van der Waals surface area contributed by atoms with E-state index >= 15 is 0 Å². The molecule has 0 aliphatic heterocycles. The van der Waals surface area contributed by atoms with Crippen LogP contribution in [0.5, 0.6) is 0 Å². The molecule has 0 aliphatic rings. The van der Waals surface area contributed by atoms with Crippen LogP contribution in [0.3, 0.4) is 0 Å². The van der Waals surface area contributed by atoms with Crippen LogP contribution in [-0.4, -0.2) is 13.0 Å². The minimum atomic E-state index is 0.931. The van der Waals surface area contributed by atoms with E-state index in [9.17, 15) is 0 Å². The number of aromatic nitrogens is 3. The van der Waals surface area contributed by atoms with E-state index in [-0.39, 0.29) is 0 Å². The van der Waals surface area contributed by atoms with Crippen molar-refractivity contribution < 1.29 is 0 Å². The number of aryl methyl sites for hydroxylation is 1. The lowest BCUT2D eigenvalue weighted by atomic mass is 10.8. The first kappa shape index (κ1) is 5.02. The highest BCUT2D eigenvalue weighted by Crippen LogP contribution is 1.94. The molecule has 0 bridgehead atoms. The third kappa shape index (κ3) is 0.902. The number of hydrogen-bond donors (Lipinski definition) is 0. The highest BCUT2D eigenvalue weighted by molar-refractivity contribution is 14.1. The van der Waals surface area contributed by atoms with Gasteiger partial charge in [-0.05, 0) is 6.92 Å². The van der Waals surface area contributed by atoms with Crippen LogP contribution in [-0.2, 0) is 0 Å². The molecule has 0 saturated heterocycles. The fourth-order valence-electron chi connectivity index (χ4n) is 0.281. The molecular formula is C3H4IN3. The first-order chi connectivity index (χ1) is 3.30. The molecule has 0 atom stereocenters. The molecule has 3 nitrogen and oxygen atoms in total. The fourth-order valence-corrected chi connectivity index (χ4v) is 0.489. The summed E-state index contributed by atoms with van der Waals surface area (Å²) in [6, 6.07) is 0. The molecule has 0 unspecified atom stereocenters. The Hall–Kier alpha value is -0.130. The number of nitrogens with zero attached hydrogens (tertiary/aromatic N) is 3. The standard InChI is InChI=1S/C3H4IN3/c1-3-6-5-2-7(3)4/h2H,1H3. The molecule has 0 fully saturated rings. The van der Waals surface area contributed by atoms with Gasteiger partial charge in [0, 0.05) is 0 Å². The second-order valence-corrected chi connectivity index (χ2v) is 2.23. The zero-order valence-electron chi connectivity index (χ0n) is 3.80. The monoisotopic (exact) mass is 209 g/mol. The largest absolute Gasteiger partial charge is 0.257 e. The minimum absolute atomic E-state index is 0.931. The number of rotatable bonds is 0. The summed E-state index contributed by atoms with van der Waals surface area (Å²) in [4.78, 5) is 0. The molecule has 1 rings (SSSR count). The summed E-state index contributed by atoms with van der Waals surface area (Å²) in [5.74, 6) is 0.931. The van der Waals surface area contributed by atoms with E-state index in [2.05, 4.69) is 33.1 Å². The van der Waals surface area contributed by atoms with E-state index in [1.165, 1.54) is 0 Å². The predicted molar refractivity (Wildman–Crippen MR) is 34.2 cm³/mol. The highest BCUT2D eigenvalue weighted by Gasteiger charge is 1.87. The molecule has 38 valence electrons. The Morgan fingerprint density at radius 3 is 2.71 bits per heavy atom. The van der Waals surface area contributed by atoms with Crippen LogP contribution in [0, 0.1) is 6.92 Å². The summed E-state index contributed by atoms with van der Waals surface area (Å²) in [6.45, 7) is 1.90. The number of hydrogen-bond acceptors (Lipinski definition) is 2. The van der Waals surface area contributed by atoms with Crippen LogP contribution in [0.2, 0.25) is 0 Å². The van der Waals surface area contributed by atoms with Crippen molar-refractivity contribution >= 4 is 22.9 Å². The summed E-state index contributed by atoms with van der Waals surface area (Å²) in [5.41, 5.74) is 0. The fraction of sp³-hybridized carbons (Fsp3) is 0.333. The maximum Gasteiger partial charge on any atom is 0.138 e. The van der Waals surface area contributed by atoms with Crippen molar-refractivity contribution in [2.24, 2.45) is 0 Å². The highest BCUT2D eigenvalue weighted by atomic mass is 127. The molecule has 0 aliphatic carbocycles. The van der Waals surface area contributed by atoms with Crippen LogP contribution < -0.4 is 0 Å². The zero-order valence-corrected chi connectivity index (χ0v) is 5.95. The van der Waals surface area contributed by atoms with E-state index in [4.69, 9.17) is 0 Å². The number of halogens is 1. The van der Waals surface area contributed by atoms with Gasteiger partial charge >= 0.3 is 0 Å². The van der Waals surface area contributed by atoms with Gasteiger partial charge in [-0.25, -0.2) is 0 Å². The van der Waals surface area contributed by atoms with Gasteiger partial charge in [0.2, 0.25) is 0 Å². The first-order valence-electron chi connectivity index (χ1n) is 1.83. The van der Waals surface area contributed by atoms with E-state index in [0.717, 1.165) is 5.82 Å². The molecule has 0 saturated carbocycles. The van der Waals surface area contributed by atoms with Crippen molar-refractivity contribution in [3.8, 4) is 0 Å². The molecule has 0 amide bonds. The summed E-state index contributed by atoms with van der Waals surface area (Å²) >= 11 is 2.11. The van der Waals surface area contributed by atoms with Crippen LogP contribution >= 0.6 is 22.9 Å². The average Bonchev–Trinajstić information content (AvgIpc) is 1.91. The van der Waals surface area contributed by atoms with Crippen LogP contribution in [0.15, 0.2) is 6.33 Å². The summed E-state index contributed by atoms with van der Waals surface area (Å²) in [7, 11) is 0. The van der Waals surface area contributed by atoms with Crippen LogP contribution in [0.1, 0.15) is 5.82 Å². The molecule has 1 aromatic rings. The van der Waals surface area contributed by atoms with Crippen molar-refractivity contribution in [1.29, 1.82) is 0 Å². The minimum Gasteiger partial charge on any atom is -0.257 e. The molecular weight excluding hydrogens is 205 g/mol. The van der Waals surface area contributed by atoms with Gasteiger partial charge in [0.05, 0.1) is 22.9 Å². The zero-order chi connectivity index (χ0) is 5.28. The Balaban J connectivity index is 3.12. The Labute approximate surface area is 55.2 Å². The smallest absolute Gasteiger partial charge is 0.138 e. The van der Waals surface area contributed by atoms with E-state index in [1.54, 1.807) is 6.33 Å². The van der Waals surface area contributed by atoms with E-state index in [0.29, 0.717) is 0 Å². The van der Waals surface area contributed by atoms with Crippen molar-refractivity contribution in [1.82, 2.24) is 13.0 Å². The molecule has 1 heterocycles. The maximum atomic E-state index is 3.72. The van der Waals surface area contributed by atoms with Crippen molar-refractivity contribution in [2.75, 3.05) is 0 Å². The normalized spacial score (nSPS) is 9.43. The molecule has 7 heavy (non-hydrogen) atoms. The van der Waals surface area contributed by atoms with Gasteiger partial charge in [-0.15, -0.1) is 10.2 Å². The van der Waals surface area contributed by atoms with Crippen molar-refractivity contribution in [3.63, 3.8) is 0 Å². The van der Waals surface area contributed by atoms with Gasteiger partial charge in [0.1, 0.15) is 12.2 Å². The predicted octanol–water partition coefficient (Wildman–Crippen LogP) is 0.785. The summed E-state index contributed by atoms with van der Waals surface area (Å²) in [6.07, 6.45) is 1.66. The second kappa shape index (κ2) is 1.77. The molecule has 1 aromatic heterocycles. The molecule has 0 N–H and O–H groups in total. The summed E-state index contributed by atoms with van der Waals surface area (Å²) < 4.78 is 1.83. The molecule has 0 radical (unpaired) electrons. The Kier molecular flexibility index (Phi) is 1.27. The Bertz CT molecular complexity index is 142. The van der Waals surface area contributed by atoms with Gasteiger partial charge in [-0.3, -0.25) is 2.78 Å². The lowest BCUT2D eigenvalue weighted by Crippen LogP contribution is -1.78. The van der Waals surface area contributed by atoms with E-state index in [1.807, 2.05) is 9.70 Å². The third-order valence-electron chi connectivity index (χ3n) is 0.665. The van der Waals surface area contributed by atoms with Gasteiger partial charge in [0.15, 0.2) is 0 Å². The summed E-state index contributed by atoms with van der Waals surface area (Å²) in [5, 5.41) is 7.35. The Morgan fingerprint density at radius 2 is 2.57 bits per heavy atom. The lowest BCUT2D eigenvalue weighted by Gasteiger charge is -1.81. The average molecular weight is 209 g/mol. The molecule has 0 spiro atoms. The van der Waals surface area contributed by atoms with Gasteiger partial charge in [-0.2, -0.15) is 0 Å². The second-order valence-electron chi connectivity index (χ2n) is 1.19. The van der Waals surface area contributed by atoms with Crippen molar-refractivity contribution in [2.45, 2.75) is 6.92 Å². The molecule has 4 heteroatoms. The quantitative estimate of drug-likeness (QED) is 0.591. The third-order valence-corrected chi connectivity index (χ3v) is 1.61. The van der Waals surface area contributed by atoms with Crippen LogP contribution in [0.4, 0.5) is 0 Å². The SMILES string of the molecule is Cc1nncn1I. The lowest BCUT2D eigenvalue weighted by molar-refractivity contribution is 1.03.